The smallest absolute Gasteiger partial charge is 0.133 e. The van der Waals surface area contributed by atoms with E-state index in [1.54, 1.807) is 7.11 Å². The Labute approximate surface area is 110 Å². The van der Waals surface area contributed by atoms with Gasteiger partial charge in [-0.2, -0.15) is 11.8 Å². The molecule has 0 amide bonds. The average Bonchev–Trinajstić information content (AvgIpc) is 2.26. The van der Waals surface area contributed by atoms with Gasteiger partial charge in [-0.1, -0.05) is 6.07 Å². The van der Waals surface area contributed by atoms with Crippen molar-refractivity contribution in [1.82, 2.24) is 0 Å². The molecule has 0 saturated heterocycles. The molecule has 2 nitrogen and oxygen atoms in total. The molecule has 0 aliphatic rings. The van der Waals surface area contributed by atoms with E-state index < -0.39 is 0 Å². The predicted octanol–water partition coefficient (Wildman–Crippen LogP) is 3.08. The lowest BCUT2D eigenvalue weighted by Crippen LogP contribution is -2.23. The van der Waals surface area contributed by atoms with Crippen LogP contribution in [0.2, 0.25) is 0 Å². The summed E-state index contributed by atoms with van der Waals surface area (Å²) in [6.07, 6.45) is 4.09. The largest absolute Gasteiger partial charge is 0.496 e. The highest BCUT2D eigenvalue weighted by Crippen LogP contribution is 2.26. The van der Waals surface area contributed by atoms with Crippen molar-refractivity contribution < 1.29 is 4.74 Å². The van der Waals surface area contributed by atoms with Crippen molar-refractivity contribution in [3.8, 4) is 5.75 Å². The van der Waals surface area contributed by atoms with Gasteiger partial charge in [0, 0.05) is 6.04 Å². The first-order valence-corrected chi connectivity index (χ1v) is 7.43. The Balaban J connectivity index is 2.57. The van der Waals surface area contributed by atoms with Crippen molar-refractivity contribution in [2.24, 2.45) is 5.73 Å². The van der Waals surface area contributed by atoms with Gasteiger partial charge in [0.25, 0.3) is 0 Å². The molecule has 2 N–H and O–H groups in total. The molecule has 1 unspecified atom stereocenters. The van der Waals surface area contributed by atoms with Crippen LogP contribution in [0.5, 0.6) is 5.75 Å². The summed E-state index contributed by atoms with van der Waals surface area (Å²) < 4.78 is 6.18. The van der Waals surface area contributed by atoms with Crippen molar-refractivity contribution >= 4 is 27.7 Å². The molecule has 0 aliphatic heterocycles. The van der Waals surface area contributed by atoms with Crippen LogP contribution in [0.1, 0.15) is 12.0 Å². The standard InChI is InChI=1S/C12H18BrNOS/c1-15-12-4-3-9(8-11(12)13)7-10(14)5-6-16-2/h3-4,8,10H,5-7,14H2,1-2H3. The Hall–Kier alpha value is -0.190. The zero-order valence-electron chi connectivity index (χ0n) is 9.70. The fourth-order valence-corrected chi connectivity index (χ4v) is 2.64. The maximum absolute atomic E-state index is 6.05. The molecule has 1 aromatic rings. The van der Waals surface area contributed by atoms with Crippen LogP contribution < -0.4 is 10.5 Å². The molecule has 0 bridgehead atoms. The van der Waals surface area contributed by atoms with Gasteiger partial charge in [-0.15, -0.1) is 0 Å². The molecule has 16 heavy (non-hydrogen) atoms. The van der Waals surface area contributed by atoms with Crippen LogP contribution >= 0.6 is 27.7 Å². The zero-order chi connectivity index (χ0) is 12.0. The Morgan fingerprint density at radius 1 is 1.50 bits per heavy atom. The summed E-state index contributed by atoms with van der Waals surface area (Å²) in [5.41, 5.74) is 7.30. The van der Waals surface area contributed by atoms with Crippen molar-refractivity contribution in [3.63, 3.8) is 0 Å². The highest BCUT2D eigenvalue weighted by Gasteiger charge is 2.06. The van der Waals surface area contributed by atoms with Gasteiger partial charge in [-0.3, -0.25) is 0 Å². The third-order valence-electron chi connectivity index (χ3n) is 2.41. The second-order valence-electron chi connectivity index (χ2n) is 3.71. The summed E-state index contributed by atoms with van der Waals surface area (Å²) >= 11 is 5.32. The van der Waals surface area contributed by atoms with E-state index in [-0.39, 0.29) is 6.04 Å². The lowest BCUT2D eigenvalue weighted by atomic mass is 10.0. The zero-order valence-corrected chi connectivity index (χ0v) is 12.1. The second-order valence-corrected chi connectivity index (χ2v) is 5.55. The number of benzene rings is 1. The molecule has 0 heterocycles. The molecule has 0 radical (unpaired) electrons. The minimum Gasteiger partial charge on any atom is -0.496 e. The highest BCUT2D eigenvalue weighted by molar-refractivity contribution is 9.10. The summed E-state index contributed by atoms with van der Waals surface area (Å²) in [4.78, 5) is 0. The third-order valence-corrected chi connectivity index (χ3v) is 3.67. The van der Waals surface area contributed by atoms with Crippen LogP contribution in [0.3, 0.4) is 0 Å². The number of rotatable bonds is 6. The number of halogens is 1. The van der Waals surface area contributed by atoms with Crippen LogP contribution in [0.25, 0.3) is 0 Å². The van der Waals surface area contributed by atoms with E-state index >= 15 is 0 Å². The van der Waals surface area contributed by atoms with Crippen LogP contribution in [0.15, 0.2) is 22.7 Å². The average molecular weight is 304 g/mol. The Bertz CT molecular complexity index is 333. The Kier molecular flexibility index (Phi) is 6.24. The Morgan fingerprint density at radius 2 is 2.25 bits per heavy atom. The van der Waals surface area contributed by atoms with Crippen molar-refractivity contribution in [2.75, 3.05) is 19.1 Å². The summed E-state index contributed by atoms with van der Waals surface area (Å²) in [5.74, 6) is 1.99. The number of ether oxygens (including phenoxy) is 1. The molecule has 0 fully saturated rings. The quantitative estimate of drug-likeness (QED) is 0.877. The molecule has 1 atom stereocenters. The van der Waals surface area contributed by atoms with Gasteiger partial charge in [0.05, 0.1) is 11.6 Å². The summed E-state index contributed by atoms with van der Waals surface area (Å²) in [6.45, 7) is 0. The molecule has 4 heteroatoms. The number of hydrogen-bond acceptors (Lipinski definition) is 3. The summed E-state index contributed by atoms with van der Waals surface area (Å²) in [6, 6.07) is 6.37. The first-order valence-electron chi connectivity index (χ1n) is 5.24. The number of methoxy groups -OCH3 is 1. The molecule has 0 aromatic heterocycles. The minimum atomic E-state index is 0.243. The molecular weight excluding hydrogens is 286 g/mol. The highest BCUT2D eigenvalue weighted by atomic mass is 79.9. The minimum absolute atomic E-state index is 0.243. The van der Waals surface area contributed by atoms with Crippen molar-refractivity contribution in [2.45, 2.75) is 18.9 Å². The maximum atomic E-state index is 6.05. The Morgan fingerprint density at radius 3 is 2.81 bits per heavy atom. The van der Waals surface area contributed by atoms with Crippen molar-refractivity contribution in [3.05, 3.63) is 28.2 Å². The van der Waals surface area contributed by atoms with E-state index in [0.29, 0.717) is 0 Å². The fourth-order valence-electron chi connectivity index (χ4n) is 1.51. The van der Waals surface area contributed by atoms with Gasteiger partial charge in [-0.05, 0) is 58.5 Å². The third kappa shape index (κ3) is 4.36. The van der Waals surface area contributed by atoms with Gasteiger partial charge in [0.15, 0.2) is 0 Å². The topological polar surface area (TPSA) is 35.2 Å². The monoisotopic (exact) mass is 303 g/mol. The lowest BCUT2D eigenvalue weighted by Gasteiger charge is -2.12. The van der Waals surface area contributed by atoms with Crippen LogP contribution in [0.4, 0.5) is 0 Å². The maximum Gasteiger partial charge on any atom is 0.133 e. The number of nitrogens with two attached hydrogens (primary N) is 1. The predicted molar refractivity (Wildman–Crippen MR) is 75.4 cm³/mol. The van der Waals surface area contributed by atoms with Gasteiger partial charge in [0.1, 0.15) is 5.75 Å². The van der Waals surface area contributed by atoms with E-state index in [1.165, 1.54) is 5.56 Å². The number of hydrogen-bond donors (Lipinski definition) is 1. The van der Waals surface area contributed by atoms with E-state index in [1.807, 2.05) is 17.8 Å². The molecule has 90 valence electrons. The molecule has 1 aromatic carbocycles. The van der Waals surface area contributed by atoms with E-state index in [0.717, 1.165) is 28.8 Å². The SMILES string of the molecule is COc1ccc(CC(N)CCSC)cc1Br. The van der Waals surface area contributed by atoms with Crippen LogP contribution in [-0.2, 0) is 6.42 Å². The van der Waals surface area contributed by atoms with Gasteiger partial charge in [0.2, 0.25) is 0 Å². The van der Waals surface area contributed by atoms with Crippen LogP contribution in [-0.4, -0.2) is 25.2 Å². The molecule has 0 aliphatic carbocycles. The first-order chi connectivity index (χ1) is 7.67. The van der Waals surface area contributed by atoms with Gasteiger partial charge < -0.3 is 10.5 Å². The first kappa shape index (κ1) is 13.9. The number of thioether (sulfide) groups is 1. The molecule has 0 spiro atoms. The molecular formula is C12H18BrNOS. The summed E-state index contributed by atoms with van der Waals surface area (Å²) in [7, 11) is 1.67. The molecule has 0 saturated carbocycles. The molecule has 1 rings (SSSR count). The van der Waals surface area contributed by atoms with Crippen LogP contribution in [0, 0.1) is 0 Å². The van der Waals surface area contributed by atoms with Crippen molar-refractivity contribution in [1.29, 1.82) is 0 Å². The van der Waals surface area contributed by atoms with Gasteiger partial charge in [-0.25, -0.2) is 0 Å². The normalized spacial score (nSPS) is 12.5. The van der Waals surface area contributed by atoms with Gasteiger partial charge >= 0.3 is 0 Å². The van der Waals surface area contributed by atoms with E-state index in [9.17, 15) is 0 Å². The second kappa shape index (κ2) is 7.20. The fraction of sp³-hybridized carbons (Fsp3) is 0.500. The summed E-state index contributed by atoms with van der Waals surface area (Å²) in [5, 5.41) is 0. The van der Waals surface area contributed by atoms with E-state index in [4.69, 9.17) is 10.5 Å². The van der Waals surface area contributed by atoms with E-state index in [2.05, 4.69) is 34.3 Å². The lowest BCUT2D eigenvalue weighted by molar-refractivity contribution is 0.412.